The molecule has 7 atom stereocenters. The van der Waals surface area contributed by atoms with Gasteiger partial charge in [-0.2, -0.15) is 0 Å². The van der Waals surface area contributed by atoms with Crippen molar-refractivity contribution in [2.24, 2.45) is 11.8 Å². The lowest BCUT2D eigenvalue weighted by Gasteiger charge is -2.20. The molecule has 0 aromatic carbocycles. The van der Waals surface area contributed by atoms with Crippen LogP contribution in [0, 0.1) is 11.8 Å². The summed E-state index contributed by atoms with van der Waals surface area (Å²) in [6, 6.07) is 0. The first kappa shape index (κ1) is 59.4. The molecule has 1 fully saturated rings. The number of unbranched alkanes of at least 4 members (excludes halogenated alkanes) is 10. The number of aliphatic hydroxyl groups is 3. The fourth-order valence-corrected chi connectivity index (χ4v) is 7.79. The number of carbonyl (C=O) groups excluding carboxylic acids is 3. The standard InChI is InChI=1S/C46H78O16P2/c1-3-5-7-8-9-10-11-12-13-14-15-16-17-18-19-20-25-29-45(51)58-36-40(37-61-64(56,57)60-35-39(48)34-59-63(53,54)55)62-46(52)30-26-22-21-24-28-41-42(44(50)33-43(41)49)32-31-38(47)27-23-6-4-2/h12-13,15-16,18-19,21,24,31-32,38-42,44,47-48,50H,3-11,14,17,20,22-23,25-30,33-37H2,1-2H3,(H,56,57)(H2,53,54,55)/b13-12-,16-15-,19-18-,24-21-,32-31+/t38-,39-,40+,41+,42+,44+/m0/s1. The van der Waals surface area contributed by atoms with Crippen molar-refractivity contribution < 1.29 is 76.6 Å². The third-order valence-corrected chi connectivity index (χ3v) is 11.7. The highest BCUT2D eigenvalue weighted by Gasteiger charge is 2.39. The molecule has 0 bridgehead atoms. The number of Topliss-reactive ketones (excluding diaryl/α,β-unsaturated/α-hetero) is 1. The van der Waals surface area contributed by atoms with Crippen LogP contribution < -0.4 is 0 Å². The molecule has 1 rings (SSSR count). The van der Waals surface area contributed by atoms with Crippen LogP contribution in [0.15, 0.2) is 60.8 Å². The summed E-state index contributed by atoms with van der Waals surface area (Å²) in [6.45, 7) is 1.28. The molecule has 16 nitrogen and oxygen atoms in total. The topological polar surface area (TPSA) is 253 Å². The number of esters is 2. The van der Waals surface area contributed by atoms with Gasteiger partial charge in [-0.1, -0.05) is 126 Å². The van der Waals surface area contributed by atoms with Crippen molar-refractivity contribution in [3.63, 3.8) is 0 Å². The second-order valence-corrected chi connectivity index (χ2v) is 18.8. The van der Waals surface area contributed by atoms with E-state index in [9.17, 15) is 43.7 Å². The minimum absolute atomic E-state index is 0.0486. The second-order valence-electron chi connectivity index (χ2n) is 16.1. The van der Waals surface area contributed by atoms with Crippen LogP contribution in [0.1, 0.15) is 149 Å². The van der Waals surface area contributed by atoms with Crippen molar-refractivity contribution in [3.8, 4) is 0 Å². The maximum atomic E-state index is 12.8. The van der Waals surface area contributed by atoms with E-state index in [1.807, 2.05) is 24.3 Å². The number of carbonyl (C=O) groups is 3. The maximum Gasteiger partial charge on any atom is 0.472 e. The molecule has 6 N–H and O–H groups in total. The van der Waals surface area contributed by atoms with E-state index in [4.69, 9.17) is 23.8 Å². The molecule has 0 aliphatic heterocycles. The van der Waals surface area contributed by atoms with Gasteiger partial charge in [0.15, 0.2) is 6.10 Å². The Balaban J connectivity index is 2.60. The highest BCUT2D eigenvalue weighted by atomic mass is 31.2. The van der Waals surface area contributed by atoms with Crippen molar-refractivity contribution >= 4 is 33.4 Å². The van der Waals surface area contributed by atoms with E-state index in [1.54, 1.807) is 12.2 Å². The lowest BCUT2D eigenvalue weighted by molar-refractivity contribution is -0.161. The average molecular weight is 949 g/mol. The minimum atomic E-state index is -4.91. The van der Waals surface area contributed by atoms with Gasteiger partial charge < -0.3 is 39.5 Å². The van der Waals surface area contributed by atoms with Gasteiger partial charge in [-0.15, -0.1) is 0 Å². The van der Waals surface area contributed by atoms with E-state index < -0.39 is 90.3 Å². The second kappa shape index (κ2) is 36.5. The molecule has 1 saturated carbocycles. The molecule has 1 aliphatic rings. The molecular formula is C46H78O16P2. The van der Waals surface area contributed by atoms with Crippen molar-refractivity contribution in [2.45, 2.75) is 173 Å². The molecule has 0 amide bonds. The van der Waals surface area contributed by atoms with Crippen molar-refractivity contribution in [1.29, 1.82) is 0 Å². The van der Waals surface area contributed by atoms with Crippen LogP contribution in [-0.4, -0.2) is 98.6 Å². The first-order chi connectivity index (χ1) is 30.6. The third kappa shape index (κ3) is 33.0. The summed E-state index contributed by atoms with van der Waals surface area (Å²) in [5.74, 6) is -2.18. The van der Waals surface area contributed by atoms with Gasteiger partial charge in [-0.3, -0.25) is 28.0 Å². The van der Waals surface area contributed by atoms with Gasteiger partial charge in [0.25, 0.3) is 0 Å². The van der Waals surface area contributed by atoms with E-state index in [-0.39, 0.29) is 25.0 Å². The zero-order valence-electron chi connectivity index (χ0n) is 38.1. The Morgan fingerprint density at radius 2 is 1.23 bits per heavy atom. The fraction of sp³-hybridized carbons (Fsp3) is 0.717. The number of phosphoric ester groups is 2. The molecular weight excluding hydrogens is 870 g/mol. The van der Waals surface area contributed by atoms with Crippen LogP contribution in [0.25, 0.3) is 0 Å². The number of hydrogen-bond donors (Lipinski definition) is 6. The van der Waals surface area contributed by atoms with Crippen LogP contribution in [0.3, 0.4) is 0 Å². The molecule has 0 saturated heterocycles. The minimum Gasteiger partial charge on any atom is -0.462 e. The Morgan fingerprint density at radius 3 is 1.89 bits per heavy atom. The number of phosphoric acid groups is 2. The predicted molar refractivity (Wildman–Crippen MR) is 245 cm³/mol. The Bertz CT molecular complexity index is 1520. The molecule has 1 unspecified atom stereocenters. The summed E-state index contributed by atoms with van der Waals surface area (Å²) in [5.41, 5.74) is 0. The molecule has 368 valence electrons. The molecule has 0 heterocycles. The zero-order chi connectivity index (χ0) is 47.5. The van der Waals surface area contributed by atoms with E-state index in [2.05, 4.69) is 47.2 Å². The normalized spacial score (nSPS) is 19.7. The number of rotatable bonds is 39. The van der Waals surface area contributed by atoms with E-state index >= 15 is 0 Å². The van der Waals surface area contributed by atoms with Crippen LogP contribution >= 0.6 is 15.6 Å². The van der Waals surface area contributed by atoms with Crippen LogP contribution in [-0.2, 0) is 46.6 Å². The van der Waals surface area contributed by atoms with E-state index in [0.29, 0.717) is 38.5 Å². The number of hydrogen-bond acceptors (Lipinski definition) is 13. The van der Waals surface area contributed by atoms with Crippen molar-refractivity contribution in [2.75, 3.05) is 26.4 Å². The van der Waals surface area contributed by atoms with Crippen LogP contribution in [0.5, 0.6) is 0 Å². The van der Waals surface area contributed by atoms with Gasteiger partial charge in [0.2, 0.25) is 0 Å². The Labute approximate surface area is 381 Å². The monoisotopic (exact) mass is 948 g/mol. The van der Waals surface area contributed by atoms with Gasteiger partial charge in [0.1, 0.15) is 18.5 Å². The van der Waals surface area contributed by atoms with Crippen LogP contribution in [0.2, 0.25) is 0 Å². The number of allylic oxidation sites excluding steroid dienone is 8. The first-order valence-corrected chi connectivity index (χ1v) is 26.1. The highest BCUT2D eigenvalue weighted by molar-refractivity contribution is 7.47. The SMILES string of the molecule is CCCCCCCC/C=C\C/C=C\C/C=C\CCCC(=O)OC[C@H](COP(=O)(O)OC[C@@H](O)COP(=O)(O)O)OC(=O)CCC/C=C\C[C@H]1C(=O)C[C@@H](O)[C@@H]1/C=C/[C@@H](O)CCCCC. The first-order valence-electron chi connectivity index (χ1n) is 23.1. The smallest absolute Gasteiger partial charge is 0.462 e. The predicted octanol–water partition coefficient (Wildman–Crippen LogP) is 8.60. The summed E-state index contributed by atoms with van der Waals surface area (Å²) >= 11 is 0. The zero-order valence-corrected chi connectivity index (χ0v) is 39.9. The Hall–Kier alpha value is -2.59. The molecule has 18 heteroatoms. The van der Waals surface area contributed by atoms with Crippen molar-refractivity contribution in [1.82, 2.24) is 0 Å². The molecule has 1 aliphatic carbocycles. The number of ether oxygens (including phenoxy) is 2. The van der Waals surface area contributed by atoms with Gasteiger partial charge in [0.05, 0.1) is 32.0 Å². The maximum absolute atomic E-state index is 12.8. The summed E-state index contributed by atoms with van der Waals surface area (Å²) in [5, 5.41) is 30.5. The van der Waals surface area contributed by atoms with Gasteiger partial charge in [-0.05, 0) is 64.2 Å². The summed E-state index contributed by atoms with van der Waals surface area (Å²) in [4.78, 5) is 65.5. The number of ketones is 1. The summed E-state index contributed by atoms with van der Waals surface area (Å²) in [7, 11) is -9.81. The average Bonchev–Trinajstić information content (AvgIpc) is 3.51. The summed E-state index contributed by atoms with van der Waals surface area (Å²) in [6.07, 6.45) is 31.6. The third-order valence-electron chi connectivity index (χ3n) is 10.2. The quantitative estimate of drug-likeness (QED) is 0.0146. The van der Waals surface area contributed by atoms with Gasteiger partial charge in [-0.25, -0.2) is 9.13 Å². The molecule has 0 spiro atoms. The lowest BCUT2D eigenvalue weighted by atomic mass is 9.90. The van der Waals surface area contributed by atoms with Gasteiger partial charge in [0, 0.05) is 31.1 Å². The number of aliphatic hydroxyl groups excluding tert-OH is 3. The van der Waals surface area contributed by atoms with E-state index in [0.717, 1.165) is 38.5 Å². The van der Waals surface area contributed by atoms with Crippen LogP contribution in [0.4, 0.5) is 0 Å². The molecule has 64 heavy (non-hydrogen) atoms. The van der Waals surface area contributed by atoms with Gasteiger partial charge >= 0.3 is 27.6 Å². The molecule has 0 aromatic heterocycles. The molecule has 0 aromatic rings. The lowest BCUT2D eigenvalue weighted by Crippen LogP contribution is -2.29. The van der Waals surface area contributed by atoms with Crippen molar-refractivity contribution in [3.05, 3.63) is 60.8 Å². The molecule has 0 radical (unpaired) electrons. The highest BCUT2D eigenvalue weighted by Crippen LogP contribution is 2.44. The Morgan fingerprint density at radius 1 is 0.688 bits per heavy atom. The largest absolute Gasteiger partial charge is 0.472 e. The van der Waals surface area contributed by atoms with E-state index in [1.165, 1.54) is 38.5 Å². The fourth-order valence-electron chi connectivity index (χ4n) is 6.64. The Kier molecular flexibility index (Phi) is 33.9. The summed E-state index contributed by atoms with van der Waals surface area (Å²) < 4.78 is 47.7.